The Labute approximate surface area is 195 Å². The molecule has 178 valence electrons. The third kappa shape index (κ3) is 5.35. The van der Waals surface area contributed by atoms with Crippen molar-refractivity contribution in [2.24, 2.45) is 7.05 Å². The molecule has 1 atom stereocenters. The molecule has 0 saturated heterocycles. The lowest BCUT2D eigenvalue weighted by molar-refractivity contribution is 0.0516. The molecule has 3 aromatic heterocycles. The van der Waals surface area contributed by atoms with E-state index in [1.807, 2.05) is 6.07 Å². The summed E-state index contributed by atoms with van der Waals surface area (Å²) in [5, 5.41) is 28.7. The predicted octanol–water partition coefficient (Wildman–Crippen LogP) is 0.904. The predicted molar refractivity (Wildman–Crippen MR) is 123 cm³/mol. The number of nitrogens with zero attached hydrogens (tertiary/aromatic N) is 6. The number of hydrogen-bond donors (Lipinski definition) is 4. The largest absolute Gasteiger partial charge is 0.394 e. The highest BCUT2D eigenvalue weighted by molar-refractivity contribution is 6.10. The minimum Gasteiger partial charge on any atom is -0.394 e. The van der Waals surface area contributed by atoms with Crippen LogP contribution < -0.4 is 10.6 Å². The van der Waals surface area contributed by atoms with Crippen LogP contribution in [-0.4, -0.2) is 78.0 Å². The third-order valence-electron chi connectivity index (χ3n) is 5.29. The molecule has 1 aliphatic rings. The first kappa shape index (κ1) is 23.3. The van der Waals surface area contributed by atoms with Crippen molar-refractivity contribution in [2.75, 3.05) is 30.8 Å². The van der Waals surface area contributed by atoms with Gasteiger partial charge in [0.15, 0.2) is 11.4 Å². The number of carbonyl (C=O) groups excluding carboxylic acids is 2. The number of pyridine rings is 1. The molecule has 2 amide bonds. The summed E-state index contributed by atoms with van der Waals surface area (Å²) >= 11 is 0. The molecule has 4 rings (SSSR count). The Bertz CT molecular complexity index is 1180. The number of aromatic nitrogens is 5. The lowest BCUT2D eigenvalue weighted by Gasteiger charge is -2.19. The summed E-state index contributed by atoms with van der Waals surface area (Å²) in [5.74, 6) is -0.687. The molecule has 12 nitrogen and oxygen atoms in total. The standard InChI is InChI=1S/C22H26N8O4/c1-29(9-15(32)11-31)22(34)20-18(10-30(2)28-20)27-21(33)19-17(25-14-7-23-12-24-8-14)6-5-16(26-19)13-3-4-13/h5-8,10,12-13,15,25,31-32H,3-4,9,11H2,1-2H3,(H,27,33)/t15-/m0/s1. The molecule has 12 heteroatoms. The molecule has 3 aromatic rings. The smallest absolute Gasteiger partial charge is 0.276 e. The first-order valence-electron chi connectivity index (χ1n) is 10.8. The Morgan fingerprint density at radius 2 is 1.94 bits per heavy atom. The van der Waals surface area contributed by atoms with E-state index >= 15 is 0 Å². The number of nitrogens with one attached hydrogen (secondary N) is 2. The second kappa shape index (κ2) is 9.93. The zero-order chi connectivity index (χ0) is 24.2. The summed E-state index contributed by atoms with van der Waals surface area (Å²) in [5.41, 5.74) is 2.28. The molecule has 0 bridgehead atoms. The van der Waals surface area contributed by atoms with Gasteiger partial charge < -0.3 is 25.7 Å². The van der Waals surface area contributed by atoms with Gasteiger partial charge in [-0.15, -0.1) is 0 Å². The fourth-order valence-corrected chi connectivity index (χ4v) is 3.43. The van der Waals surface area contributed by atoms with E-state index in [9.17, 15) is 14.7 Å². The van der Waals surface area contributed by atoms with Gasteiger partial charge in [-0.25, -0.2) is 15.0 Å². The van der Waals surface area contributed by atoms with E-state index in [1.165, 1.54) is 29.2 Å². The normalized spacial score (nSPS) is 13.9. The molecule has 34 heavy (non-hydrogen) atoms. The third-order valence-corrected chi connectivity index (χ3v) is 5.29. The first-order valence-corrected chi connectivity index (χ1v) is 10.8. The number of amides is 2. The maximum Gasteiger partial charge on any atom is 0.276 e. The van der Waals surface area contributed by atoms with E-state index in [0.29, 0.717) is 17.3 Å². The molecule has 1 saturated carbocycles. The Balaban J connectivity index is 1.60. The maximum atomic E-state index is 13.3. The Kier molecular flexibility index (Phi) is 6.80. The number of aliphatic hydroxyl groups is 2. The number of anilines is 3. The summed E-state index contributed by atoms with van der Waals surface area (Å²) in [7, 11) is 3.11. The van der Waals surface area contributed by atoms with Crippen LogP contribution in [0.25, 0.3) is 0 Å². The second-order valence-electron chi connectivity index (χ2n) is 8.20. The number of aryl methyl sites for hydroxylation is 1. The number of hydrogen-bond acceptors (Lipinski definition) is 9. The highest BCUT2D eigenvalue weighted by Crippen LogP contribution is 2.39. The van der Waals surface area contributed by atoms with Crippen molar-refractivity contribution in [3.8, 4) is 0 Å². The molecular weight excluding hydrogens is 440 g/mol. The van der Waals surface area contributed by atoms with Crippen LogP contribution in [0.3, 0.4) is 0 Å². The average Bonchev–Trinajstić information content (AvgIpc) is 3.62. The van der Waals surface area contributed by atoms with Gasteiger partial charge in [0.25, 0.3) is 11.8 Å². The molecule has 0 unspecified atom stereocenters. The van der Waals surface area contributed by atoms with E-state index in [0.717, 1.165) is 18.5 Å². The van der Waals surface area contributed by atoms with E-state index in [-0.39, 0.29) is 23.6 Å². The molecule has 0 aromatic carbocycles. The number of carbonyl (C=O) groups is 2. The van der Waals surface area contributed by atoms with E-state index < -0.39 is 24.5 Å². The maximum absolute atomic E-state index is 13.3. The van der Waals surface area contributed by atoms with Crippen molar-refractivity contribution in [1.82, 2.24) is 29.6 Å². The van der Waals surface area contributed by atoms with Crippen LogP contribution in [0, 0.1) is 0 Å². The lowest BCUT2D eigenvalue weighted by atomic mass is 10.2. The molecule has 0 spiro atoms. The lowest BCUT2D eigenvalue weighted by Crippen LogP contribution is -2.36. The van der Waals surface area contributed by atoms with Crippen LogP contribution in [0.2, 0.25) is 0 Å². The summed E-state index contributed by atoms with van der Waals surface area (Å²) in [4.78, 5) is 40.0. The molecule has 0 aliphatic heterocycles. The van der Waals surface area contributed by atoms with Crippen LogP contribution in [0.1, 0.15) is 45.4 Å². The van der Waals surface area contributed by atoms with Crippen LogP contribution in [0.5, 0.6) is 0 Å². The molecule has 4 N–H and O–H groups in total. The average molecular weight is 467 g/mol. The van der Waals surface area contributed by atoms with Gasteiger partial charge in [-0.3, -0.25) is 14.3 Å². The van der Waals surface area contributed by atoms with Crippen LogP contribution >= 0.6 is 0 Å². The Morgan fingerprint density at radius 1 is 1.21 bits per heavy atom. The molecule has 1 aliphatic carbocycles. The van der Waals surface area contributed by atoms with Gasteiger partial charge in [-0.1, -0.05) is 0 Å². The monoisotopic (exact) mass is 466 g/mol. The van der Waals surface area contributed by atoms with E-state index in [2.05, 4.69) is 30.7 Å². The summed E-state index contributed by atoms with van der Waals surface area (Å²) in [6.07, 6.45) is 7.06. The minimum atomic E-state index is -1.08. The van der Waals surface area contributed by atoms with Gasteiger partial charge in [-0.05, 0) is 25.0 Å². The highest BCUT2D eigenvalue weighted by Gasteiger charge is 2.28. The number of likely N-dealkylation sites (N-methyl/N-ethyl adjacent to an activating group) is 1. The van der Waals surface area contributed by atoms with Gasteiger partial charge in [0.05, 0.1) is 42.2 Å². The topological polar surface area (TPSA) is 158 Å². The summed E-state index contributed by atoms with van der Waals surface area (Å²) < 4.78 is 1.41. The van der Waals surface area contributed by atoms with Crippen molar-refractivity contribution < 1.29 is 19.8 Å². The highest BCUT2D eigenvalue weighted by atomic mass is 16.3. The summed E-state index contributed by atoms with van der Waals surface area (Å²) in [6.45, 7) is -0.563. The SMILES string of the molecule is CN(C[C@H](O)CO)C(=O)c1nn(C)cc1NC(=O)c1nc(C2CC2)ccc1Nc1cncnc1. The van der Waals surface area contributed by atoms with Crippen molar-refractivity contribution in [3.63, 3.8) is 0 Å². The summed E-state index contributed by atoms with van der Waals surface area (Å²) in [6, 6.07) is 3.68. The van der Waals surface area contributed by atoms with Gasteiger partial charge in [0.1, 0.15) is 6.33 Å². The number of aliphatic hydroxyl groups excluding tert-OH is 2. The van der Waals surface area contributed by atoms with Crippen LogP contribution in [0.15, 0.2) is 37.1 Å². The van der Waals surface area contributed by atoms with Crippen LogP contribution in [-0.2, 0) is 7.05 Å². The van der Waals surface area contributed by atoms with Crippen molar-refractivity contribution in [1.29, 1.82) is 0 Å². The van der Waals surface area contributed by atoms with Gasteiger partial charge >= 0.3 is 0 Å². The quantitative estimate of drug-likeness (QED) is 0.359. The van der Waals surface area contributed by atoms with Crippen LogP contribution in [0.4, 0.5) is 17.1 Å². The fourth-order valence-electron chi connectivity index (χ4n) is 3.43. The fraction of sp³-hybridized carbons (Fsp3) is 0.364. The Morgan fingerprint density at radius 3 is 2.62 bits per heavy atom. The zero-order valence-electron chi connectivity index (χ0n) is 18.8. The van der Waals surface area contributed by atoms with Gasteiger partial charge in [0, 0.05) is 38.4 Å². The molecular formula is C22H26N8O4. The zero-order valence-corrected chi connectivity index (χ0v) is 18.8. The minimum absolute atomic E-state index is 0.00723. The van der Waals surface area contributed by atoms with Gasteiger partial charge in [0.2, 0.25) is 0 Å². The van der Waals surface area contributed by atoms with Crippen molar-refractivity contribution in [2.45, 2.75) is 24.9 Å². The molecule has 1 fully saturated rings. The molecule has 0 radical (unpaired) electrons. The van der Waals surface area contributed by atoms with E-state index in [4.69, 9.17) is 5.11 Å². The number of rotatable bonds is 9. The first-order chi connectivity index (χ1) is 16.4. The van der Waals surface area contributed by atoms with Crippen molar-refractivity contribution in [3.05, 3.63) is 54.1 Å². The Hall–Kier alpha value is -3.90. The van der Waals surface area contributed by atoms with Gasteiger partial charge in [-0.2, -0.15) is 5.10 Å². The molecule has 3 heterocycles. The second-order valence-corrected chi connectivity index (χ2v) is 8.20. The van der Waals surface area contributed by atoms with Crippen molar-refractivity contribution >= 4 is 28.9 Å². The van der Waals surface area contributed by atoms with E-state index in [1.54, 1.807) is 25.5 Å².